The molecule has 0 spiro atoms. The van der Waals surface area contributed by atoms with E-state index in [0.717, 1.165) is 6.92 Å². The molecule has 51 nitrogen and oxygen atoms in total. The fourth-order valence-corrected chi connectivity index (χ4v) is 14.1. The van der Waals surface area contributed by atoms with Crippen molar-refractivity contribution < 1.29 is 248 Å². The summed E-state index contributed by atoms with van der Waals surface area (Å²) in [6.45, 7) is -10.5. The van der Waals surface area contributed by atoms with Crippen molar-refractivity contribution in [3.63, 3.8) is 0 Å². The summed E-state index contributed by atoms with van der Waals surface area (Å²) in [4.78, 5) is 39.5. The van der Waals surface area contributed by atoms with Gasteiger partial charge in [-0.3, -0.25) is 4.79 Å². The summed E-state index contributed by atoms with van der Waals surface area (Å²) >= 11 is 0. The van der Waals surface area contributed by atoms with E-state index in [0.29, 0.717) is 0 Å². The average molecular weight is 1630 g/mol. The minimum Gasteiger partial charge on any atom is -0.477 e. The van der Waals surface area contributed by atoms with Crippen LogP contribution in [0.3, 0.4) is 0 Å². The predicted octanol–water partition coefficient (Wildman–Crippen LogP) is -20.8. The predicted molar refractivity (Wildman–Crippen MR) is 331 cm³/mol. The molecular weight excluding hydrogens is 1530 g/mol. The molecule has 9 fully saturated rings. The van der Waals surface area contributed by atoms with Gasteiger partial charge in [-0.15, -0.1) is 0 Å². The quantitative estimate of drug-likeness (QED) is 0.0318. The summed E-state index contributed by atoms with van der Waals surface area (Å²) in [5.74, 6) is -12.9. The molecule has 9 aliphatic rings. The van der Waals surface area contributed by atoms with Crippen LogP contribution >= 0.6 is 0 Å². The molecule has 0 aromatic rings. The van der Waals surface area contributed by atoms with Crippen LogP contribution in [0.15, 0.2) is 0 Å². The second-order valence-electron chi connectivity index (χ2n) is 27.9. The molecule has 9 aliphatic heterocycles. The van der Waals surface area contributed by atoms with Crippen LogP contribution in [0.25, 0.3) is 0 Å². The second-order valence-corrected chi connectivity index (χ2v) is 27.9. The molecule has 2 unspecified atom stereocenters. The lowest BCUT2D eigenvalue weighted by Crippen LogP contribution is -2.71. The summed E-state index contributed by atoms with van der Waals surface area (Å²) in [5.41, 5.74) is 0. The highest BCUT2D eigenvalue weighted by Crippen LogP contribution is 2.44. The monoisotopic (exact) mass is 1630 g/mol. The van der Waals surface area contributed by atoms with Gasteiger partial charge >= 0.3 is 11.9 Å². The number of ether oxygens (including phenoxy) is 17. The van der Waals surface area contributed by atoms with Crippen molar-refractivity contribution in [2.45, 2.75) is 295 Å². The first-order chi connectivity index (χ1) is 52.3. The lowest BCUT2D eigenvalue weighted by molar-refractivity contribution is -0.417. The number of carbonyl (C=O) groups excluding carboxylic acids is 1. The van der Waals surface area contributed by atoms with Gasteiger partial charge in [-0.2, -0.15) is 0 Å². The van der Waals surface area contributed by atoms with Crippen molar-refractivity contribution in [3.8, 4) is 0 Å². The molecule has 0 aliphatic carbocycles. The smallest absolute Gasteiger partial charge is 0.364 e. The Morgan fingerprint density at radius 1 is 0.378 bits per heavy atom. The third-order valence-electron chi connectivity index (χ3n) is 20.4. The molecule has 0 aromatic carbocycles. The highest BCUT2D eigenvalue weighted by atomic mass is 16.8. The van der Waals surface area contributed by atoms with Gasteiger partial charge in [-0.25, -0.2) is 9.59 Å². The van der Waals surface area contributed by atoms with E-state index >= 15 is 0 Å². The van der Waals surface area contributed by atoms with E-state index in [1.807, 2.05) is 0 Å². The van der Waals surface area contributed by atoms with Crippen LogP contribution in [-0.2, 0) is 94.9 Å². The zero-order chi connectivity index (χ0) is 82.1. The number of hydrogen-bond donors (Lipinski definition) is 31. The molecule has 9 saturated heterocycles. The van der Waals surface area contributed by atoms with Gasteiger partial charge in [0.2, 0.25) is 5.91 Å². The number of aliphatic hydroxyl groups excluding tert-OH is 27. The number of aliphatic carboxylic acids is 2. The van der Waals surface area contributed by atoms with E-state index in [4.69, 9.17) is 80.5 Å². The minimum atomic E-state index is -3.70. The van der Waals surface area contributed by atoms with Crippen molar-refractivity contribution in [1.82, 2.24) is 5.32 Å². The lowest BCUT2D eigenvalue weighted by atomic mass is 9.89. The van der Waals surface area contributed by atoms with E-state index in [2.05, 4.69) is 5.32 Å². The van der Waals surface area contributed by atoms with E-state index in [-0.39, 0.29) is 0 Å². The Morgan fingerprint density at radius 3 is 1.21 bits per heavy atom. The van der Waals surface area contributed by atoms with Crippen molar-refractivity contribution >= 4 is 17.8 Å². The third-order valence-corrected chi connectivity index (χ3v) is 20.4. The van der Waals surface area contributed by atoms with Crippen LogP contribution in [0, 0.1) is 0 Å². The first-order valence-corrected chi connectivity index (χ1v) is 34.8. The lowest BCUT2D eigenvalue weighted by Gasteiger charge is -2.53. The van der Waals surface area contributed by atoms with Crippen molar-refractivity contribution in [3.05, 3.63) is 0 Å². The van der Waals surface area contributed by atoms with Gasteiger partial charge in [-0.1, -0.05) is 0 Å². The third kappa shape index (κ3) is 19.2. The van der Waals surface area contributed by atoms with Crippen molar-refractivity contribution in [2.75, 3.05) is 59.5 Å². The highest BCUT2D eigenvalue weighted by molar-refractivity contribution is 5.77. The van der Waals surface area contributed by atoms with Crippen molar-refractivity contribution in [2.24, 2.45) is 0 Å². The van der Waals surface area contributed by atoms with Gasteiger partial charge in [0.1, 0.15) is 207 Å². The number of aliphatic hydroxyl groups is 28. The van der Waals surface area contributed by atoms with Gasteiger partial charge < -0.3 is 239 Å². The highest BCUT2D eigenvalue weighted by Gasteiger charge is 2.65. The first kappa shape index (κ1) is 91.5. The standard InChI is InChI=1S/C60H99NO50/c1-13(70)61-25-32(80)44(103-51-38(86)33(81)27(75)18(6-64)96-51)23(11-69)101-50(25)107-49-37(85)31(79)22(10-68)100-56(49)105-46-24(12-95-55-48(36(84)30(78)21(9-67)99-55)108-53-40(88)35(83)29(77)20(8-66)98-53)102-54(41(89)47(46)106-52-39(87)34(82)28(76)19(7-65)97-52)104-45-17(3-59(94,57(90)91)110-43(45)16(73)5-63)109-60(58(92)93)2-14(71)26(74)42(111-60)15(72)4-62/h14-56,62-69,71-89,94H,2-12H2,1H3,(H,61,70)(H,90,91)(H,92,93)/t14-,15-,16-,17-,18-,19-,20-,21-,22-,23-,24-,25-,26-,27+,28-,29-,30-,31-,32-,33+,34+,35+,36+,37+,38-,39-,40-,41-,42-,43-,44-,45-,46-,47-,48-,49-,50-,51+,52+,53-,54-,55-,56+,59?,60?/m1/s1. The number of carboxylic acid groups (broad SMARTS) is 2. The Morgan fingerprint density at radius 2 is 0.757 bits per heavy atom. The van der Waals surface area contributed by atoms with Crippen LogP contribution in [0.5, 0.6) is 0 Å². The molecule has 45 atom stereocenters. The average Bonchev–Trinajstić information content (AvgIpc) is 0.761. The fourth-order valence-electron chi connectivity index (χ4n) is 14.1. The summed E-state index contributed by atoms with van der Waals surface area (Å²) < 4.78 is 100. The Labute approximate surface area is 624 Å². The Hall–Kier alpha value is -3.39. The van der Waals surface area contributed by atoms with E-state index in [1.54, 1.807) is 0 Å². The number of amides is 1. The van der Waals surface area contributed by atoms with E-state index in [9.17, 15) is 168 Å². The minimum absolute atomic E-state index is 0.878. The first-order valence-electron chi connectivity index (χ1n) is 34.8. The zero-order valence-corrected chi connectivity index (χ0v) is 58.2. The topological polar surface area (TPSA) is 827 Å². The van der Waals surface area contributed by atoms with E-state index in [1.165, 1.54) is 0 Å². The molecule has 0 aromatic heterocycles. The maximum atomic E-state index is 13.5. The maximum absolute atomic E-state index is 13.5. The fraction of sp³-hybridized carbons (Fsp3) is 0.950. The number of rotatable bonds is 30. The van der Waals surface area contributed by atoms with E-state index < -0.39 is 365 Å². The number of nitrogens with one attached hydrogen (secondary N) is 1. The molecule has 0 radical (unpaired) electrons. The normalized spacial score (nSPS) is 50.0. The Kier molecular flexibility index (Phi) is 31.8. The van der Waals surface area contributed by atoms with Crippen LogP contribution in [0.4, 0.5) is 0 Å². The van der Waals surface area contributed by atoms with Gasteiger partial charge in [0.15, 0.2) is 44.0 Å². The molecule has 9 heterocycles. The number of carboxylic acids is 2. The van der Waals surface area contributed by atoms with Crippen molar-refractivity contribution in [1.29, 1.82) is 0 Å². The number of carbonyl (C=O) groups is 3. The molecule has 9 rings (SSSR count). The maximum Gasteiger partial charge on any atom is 0.364 e. The van der Waals surface area contributed by atoms with Crippen LogP contribution in [0.1, 0.15) is 19.8 Å². The molecule has 51 heteroatoms. The zero-order valence-electron chi connectivity index (χ0n) is 58.2. The molecular formula is C60H99NO50. The Bertz CT molecular complexity index is 2940. The summed E-state index contributed by atoms with van der Waals surface area (Å²) in [7, 11) is 0. The molecule has 0 saturated carbocycles. The van der Waals surface area contributed by atoms with Gasteiger partial charge in [0.25, 0.3) is 11.6 Å². The molecule has 31 N–H and O–H groups in total. The molecule has 1 amide bonds. The molecule has 0 bridgehead atoms. The Balaban J connectivity index is 1.19. The SMILES string of the molecule is CC(=O)N[C@H]1[C@@H](O[C@H]2[C@H](O[C@H]3[C@H](O[C@@H]4O[C@H](CO)[C@@H](O)[C@H](O)[C@H]4O)[C@@H](O)[C@@H](O[C@H]4[C@@H]([C@H](O)CO)OC(O)(C(=O)O)C[C@H]4OC4(C(=O)O)C[C@@H](O)[C@@H](O)[C@@H]([C@H](O)CO)O4)O[C@@H]3CO[C@@H]3O[C@H](CO)[C@@H](O)[C@H](O)[C@H]3O[C@H]3O[C@H](CO)[C@@H](O)[C@H](O)[C@H]3O)O[C@H](CO)[C@@H](O)[C@@H]2O)O[C@H](CO)[C@@H](O[C@@H]2O[C@H](CO)[C@H](O)[C@H](O)[C@H]2O)[C@@H]1O. The van der Waals surface area contributed by atoms with Crippen LogP contribution in [-0.4, -0.2) is 506 Å². The summed E-state index contributed by atoms with van der Waals surface area (Å²) in [6, 6.07) is -2.07. The van der Waals surface area contributed by atoms with Crippen LogP contribution in [0.2, 0.25) is 0 Å². The number of hydrogen-bond acceptors (Lipinski definition) is 48. The molecule has 644 valence electrons. The van der Waals surface area contributed by atoms with Gasteiger partial charge in [0, 0.05) is 19.8 Å². The largest absolute Gasteiger partial charge is 0.477 e. The second kappa shape index (κ2) is 38.6. The van der Waals surface area contributed by atoms with Gasteiger partial charge in [0.05, 0.1) is 71.7 Å². The summed E-state index contributed by atoms with van der Waals surface area (Å²) in [6.07, 6.45) is -100. The van der Waals surface area contributed by atoms with Crippen LogP contribution < -0.4 is 5.32 Å². The summed E-state index contributed by atoms with van der Waals surface area (Å²) in [5, 5.41) is 332. The van der Waals surface area contributed by atoms with Gasteiger partial charge in [-0.05, 0) is 0 Å². The molecule has 111 heavy (non-hydrogen) atoms.